The zero-order chi connectivity index (χ0) is 17.7. The number of ether oxygens (including phenoxy) is 1. The van der Waals surface area contributed by atoms with E-state index in [9.17, 15) is 4.79 Å². The summed E-state index contributed by atoms with van der Waals surface area (Å²) in [6.07, 6.45) is 0.834. The molecule has 2 aliphatic rings. The molecule has 0 radical (unpaired) electrons. The number of carbonyl (C=O) groups is 1. The van der Waals surface area contributed by atoms with Crippen LogP contribution in [0, 0.1) is 5.92 Å². The van der Waals surface area contributed by atoms with Crippen LogP contribution in [0.25, 0.3) is 0 Å². The largest absolute Gasteiger partial charge is 0.379 e. The van der Waals surface area contributed by atoms with Gasteiger partial charge < -0.3 is 15.4 Å². The Bertz CT molecular complexity index is 597. The monoisotopic (exact) mass is 403 g/mol. The number of alkyl halides is 2. The Morgan fingerprint density at radius 3 is 2.76 bits per heavy atom. The summed E-state index contributed by atoms with van der Waals surface area (Å²) < 4.78 is 4.75. The fourth-order valence-electron chi connectivity index (χ4n) is 2.66. The number of para-hydroxylation sites is 1. The molecule has 3 rings (SSSR count). The van der Waals surface area contributed by atoms with Crippen LogP contribution in [0.1, 0.15) is 6.42 Å². The van der Waals surface area contributed by atoms with Gasteiger partial charge >= 0.3 is 6.03 Å². The highest BCUT2D eigenvalue weighted by Crippen LogP contribution is 2.55. The SMILES string of the molecule is O=C(NCCN1CCOCC1)Nc1ccccc1SCC1CC1(Cl)Cl. The van der Waals surface area contributed by atoms with Gasteiger partial charge in [0.25, 0.3) is 0 Å². The number of hydrogen-bond donors (Lipinski definition) is 2. The molecule has 2 fully saturated rings. The van der Waals surface area contributed by atoms with Crippen LogP contribution in [0.15, 0.2) is 29.2 Å². The third-order valence-corrected chi connectivity index (χ3v) is 6.51. The van der Waals surface area contributed by atoms with E-state index in [0.717, 1.165) is 55.6 Å². The number of thioether (sulfide) groups is 1. The number of benzene rings is 1. The predicted octanol–water partition coefficient (Wildman–Crippen LogP) is 3.43. The third kappa shape index (κ3) is 5.93. The number of hydrogen-bond acceptors (Lipinski definition) is 4. The number of carbonyl (C=O) groups excluding carboxylic acids is 1. The van der Waals surface area contributed by atoms with E-state index in [2.05, 4.69) is 15.5 Å². The minimum atomic E-state index is -0.563. The van der Waals surface area contributed by atoms with Crippen LogP contribution in [0.3, 0.4) is 0 Å². The number of halogens is 2. The maximum atomic E-state index is 12.1. The van der Waals surface area contributed by atoms with Gasteiger partial charge in [0, 0.05) is 42.7 Å². The maximum absolute atomic E-state index is 12.1. The molecular weight excluding hydrogens is 381 g/mol. The van der Waals surface area contributed by atoms with Crippen molar-refractivity contribution in [3.8, 4) is 0 Å². The normalized spacial score (nSPS) is 22.4. The molecule has 2 N–H and O–H groups in total. The average molecular weight is 404 g/mol. The Hall–Kier alpha value is -0.660. The van der Waals surface area contributed by atoms with Crippen molar-refractivity contribution in [2.45, 2.75) is 15.6 Å². The number of morpholine rings is 1. The first kappa shape index (κ1) is 19.1. The van der Waals surface area contributed by atoms with E-state index in [0.29, 0.717) is 12.5 Å². The van der Waals surface area contributed by atoms with Gasteiger partial charge in [0.05, 0.1) is 18.9 Å². The maximum Gasteiger partial charge on any atom is 0.319 e. The topological polar surface area (TPSA) is 53.6 Å². The van der Waals surface area contributed by atoms with E-state index in [1.165, 1.54) is 0 Å². The molecule has 1 unspecified atom stereocenters. The zero-order valence-corrected chi connectivity index (χ0v) is 16.3. The van der Waals surface area contributed by atoms with Crippen LogP contribution in [0.5, 0.6) is 0 Å². The van der Waals surface area contributed by atoms with E-state index in [4.69, 9.17) is 27.9 Å². The standard InChI is InChI=1S/C17H23Cl2N3O2S/c18-17(19)11-13(17)12-25-15-4-2-1-3-14(15)21-16(23)20-5-6-22-7-9-24-10-8-22/h1-4,13H,5-12H2,(H2,20,21,23). The number of anilines is 1. The minimum Gasteiger partial charge on any atom is -0.379 e. The first-order valence-corrected chi connectivity index (χ1v) is 10.2. The summed E-state index contributed by atoms with van der Waals surface area (Å²) in [6, 6.07) is 7.60. The van der Waals surface area contributed by atoms with Crippen LogP contribution >= 0.6 is 35.0 Å². The van der Waals surface area contributed by atoms with Gasteiger partial charge in [-0.05, 0) is 18.6 Å². The lowest BCUT2D eigenvalue weighted by molar-refractivity contribution is 0.0388. The summed E-state index contributed by atoms with van der Waals surface area (Å²) in [7, 11) is 0. The van der Waals surface area contributed by atoms with Gasteiger partial charge in [-0.2, -0.15) is 0 Å². The average Bonchev–Trinajstić information content (AvgIpc) is 3.22. The second-order valence-electron chi connectivity index (χ2n) is 6.30. The highest BCUT2D eigenvalue weighted by atomic mass is 35.5. The van der Waals surface area contributed by atoms with Crippen molar-refractivity contribution in [2.75, 3.05) is 50.5 Å². The number of nitrogens with zero attached hydrogens (tertiary/aromatic N) is 1. The Morgan fingerprint density at radius 1 is 1.32 bits per heavy atom. The Morgan fingerprint density at radius 2 is 2.04 bits per heavy atom. The lowest BCUT2D eigenvalue weighted by Gasteiger charge is -2.26. The molecule has 1 saturated heterocycles. The first-order chi connectivity index (χ1) is 12.0. The molecule has 1 aliphatic carbocycles. The lowest BCUT2D eigenvalue weighted by atomic mass is 10.3. The molecule has 1 saturated carbocycles. The van der Waals surface area contributed by atoms with Gasteiger partial charge in [-0.3, -0.25) is 4.90 Å². The zero-order valence-electron chi connectivity index (χ0n) is 14.0. The van der Waals surface area contributed by atoms with Crippen molar-refractivity contribution < 1.29 is 9.53 Å². The quantitative estimate of drug-likeness (QED) is 0.540. The fourth-order valence-corrected chi connectivity index (χ4v) is 4.60. The molecule has 2 amide bonds. The Balaban J connectivity index is 1.42. The smallest absolute Gasteiger partial charge is 0.319 e. The fraction of sp³-hybridized carbons (Fsp3) is 0.588. The van der Waals surface area contributed by atoms with E-state index >= 15 is 0 Å². The molecule has 5 nitrogen and oxygen atoms in total. The summed E-state index contributed by atoms with van der Waals surface area (Å²) in [6.45, 7) is 4.83. The van der Waals surface area contributed by atoms with Crippen molar-refractivity contribution in [1.82, 2.24) is 10.2 Å². The van der Waals surface area contributed by atoms with Crippen LogP contribution < -0.4 is 10.6 Å². The van der Waals surface area contributed by atoms with E-state index in [1.807, 2.05) is 24.3 Å². The Labute approximate surface area is 162 Å². The van der Waals surface area contributed by atoms with Gasteiger partial charge in [-0.15, -0.1) is 35.0 Å². The molecule has 0 aromatic heterocycles. The summed E-state index contributed by atoms with van der Waals surface area (Å²) in [5, 5.41) is 5.85. The second-order valence-corrected chi connectivity index (χ2v) is 8.91. The van der Waals surface area contributed by atoms with Crippen LogP contribution in [0.4, 0.5) is 10.5 Å². The van der Waals surface area contributed by atoms with Gasteiger partial charge in [0.1, 0.15) is 4.33 Å². The molecule has 1 heterocycles. The molecule has 0 bridgehead atoms. The molecule has 1 aromatic rings. The second kappa shape index (κ2) is 8.82. The van der Waals surface area contributed by atoms with Crippen molar-refractivity contribution in [1.29, 1.82) is 0 Å². The highest BCUT2D eigenvalue weighted by molar-refractivity contribution is 7.99. The van der Waals surface area contributed by atoms with Crippen molar-refractivity contribution >= 4 is 46.7 Å². The van der Waals surface area contributed by atoms with Gasteiger partial charge in [-0.25, -0.2) is 4.79 Å². The van der Waals surface area contributed by atoms with E-state index < -0.39 is 4.33 Å². The predicted molar refractivity (Wildman–Crippen MR) is 104 cm³/mol. The van der Waals surface area contributed by atoms with Crippen molar-refractivity contribution in [3.05, 3.63) is 24.3 Å². The number of rotatable bonds is 7. The molecule has 138 valence electrons. The van der Waals surface area contributed by atoms with Crippen molar-refractivity contribution in [2.24, 2.45) is 5.92 Å². The molecule has 1 aliphatic heterocycles. The van der Waals surface area contributed by atoms with Crippen LogP contribution in [-0.2, 0) is 4.74 Å². The number of nitrogens with one attached hydrogen (secondary N) is 2. The summed E-state index contributed by atoms with van der Waals surface area (Å²) in [5.41, 5.74) is 0.812. The molecule has 1 atom stereocenters. The van der Waals surface area contributed by atoms with Crippen LogP contribution in [-0.4, -0.2) is 60.4 Å². The van der Waals surface area contributed by atoms with Gasteiger partial charge in [-0.1, -0.05) is 12.1 Å². The molecule has 1 aromatic carbocycles. The van der Waals surface area contributed by atoms with E-state index in [-0.39, 0.29) is 6.03 Å². The minimum absolute atomic E-state index is 0.184. The Kier molecular flexibility index (Phi) is 6.74. The molecular formula is C17H23Cl2N3O2S. The highest BCUT2D eigenvalue weighted by Gasteiger charge is 2.51. The van der Waals surface area contributed by atoms with Gasteiger partial charge in [0.15, 0.2) is 0 Å². The first-order valence-electron chi connectivity index (χ1n) is 8.49. The molecule has 8 heteroatoms. The third-order valence-electron chi connectivity index (χ3n) is 4.35. The van der Waals surface area contributed by atoms with Gasteiger partial charge in [0.2, 0.25) is 0 Å². The van der Waals surface area contributed by atoms with Crippen LogP contribution in [0.2, 0.25) is 0 Å². The summed E-state index contributed by atoms with van der Waals surface area (Å²) >= 11 is 13.8. The van der Waals surface area contributed by atoms with Crippen molar-refractivity contribution in [3.63, 3.8) is 0 Å². The lowest BCUT2D eigenvalue weighted by Crippen LogP contribution is -2.42. The molecule has 25 heavy (non-hydrogen) atoms. The van der Waals surface area contributed by atoms with E-state index in [1.54, 1.807) is 11.8 Å². The summed E-state index contributed by atoms with van der Waals surface area (Å²) in [5.74, 6) is 1.17. The number of amides is 2. The summed E-state index contributed by atoms with van der Waals surface area (Å²) in [4.78, 5) is 15.5. The molecule has 0 spiro atoms. The number of urea groups is 1.